The first-order valence-electron chi connectivity index (χ1n) is 9.36. The zero-order chi connectivity index (χ0) is 19.9. The first-order valence-corrected chi connectivity index (χ1v) is 9.36. The topological polar surface area (TPSA) is 76.1 Å². The largest absolute Gasteiger partial charge is 0.480 e. The van der Waals surface area contributed by atoms with Gasteiger partial charge in [-0.25, -0.2) is 9.59 Å². The number of nitrogens with zero attached hydrogens (tertiary/aromatic N) is 1. The van der Waals surface area contributed by atoms with Gasteiger partial charge in [0, 0.05) is 5.92 Å². The molecule has 1 amide bonds. The van der Waals surface area contributed by atoms with Gasteiger partial charge in [-0.2, -0.15) is 0 Å². The maximum absolute atomic E-state index is 12.8. The van der Waals surface area contributed by atoms with E-state index in [1.54, 1.807) is 0 Å². The molecule has 2 aromatic carbocycles. The summed E-state index contributed by atoms with van der Waals surface area (Å²) in [5.74, 6) is -1.15. The van der Waals surface area contributed by atoms with Gasteiger partial charge in [0.15, 0.2) is 6.04 Å². The number of ether oxygens (including phenoxy) is 2. The van der Waals surface area contributed by atoms with Crippen molar-refractivity contribution in [3.05, 3.63) is 59.7 Å². The number of fused-ring (bicyclic) bond motifs is 3. The van der Waals surface area contributed by atoms with Crippen molar-refractivity contribution in [1.82, 2.24) is 4.90 Å². The van der Waals surface area contributed by atoms with Crippen molar-refractivity contribution in [2.75, 3.05) is 19.8 Å². The fraction of sp³-hybridized carbons (Fsp3) is 0.364. The van der Waals surface area contributed by atoms with Gasteiger partial charge in [-0.15, -0.1) is 0 Å². The zero-order valence-corrected chi connectivity index (χ0v) is 15.9. The Labute approximate surface area is 163 Å². The molecule has 4 rings (SSSR count). The van der Waals surface area contributed by atoms with Crippen LogP contribution in [0.3, 0.4) is 0 Å². The highest BCUT2D eigenvalue weighted by Gasteiger charge is 2.41. The van der Waals surface area contributed by atoms with Gasteiger partial charge in [0.25, 0.3) is 0 Å². The van der Waals surface area contributed by atoms with E-state index in [9.17, 15) is 14.7 Å². The van der Waals surface area contributed by atoms with Crippen LogP contribution in [0, 0.1) is 0 Å². The number of aliphatic carboxylic acids is 1. The molecule has 2 aromatic rings. The minimum Gasteiger partial charge on any atom is -0.480 e. The lowest BCUT2D eigenvalue weighted by atomic mass is 9.98. The summed E-state index contributed by atoms with van der Waals surface area (Å²) in [6.45, 7) is 3.94. The lowest BCUT2D eigenvalue weighted by molar-refractivity contribution is -0.159. The molecule has 0 saturated carbocycles. The number of hydrogen-bond acceptors (Lipinski definition) is 4. The molecule has 28 heavy (non-hydrogen) atoms. The van der Waals surface area contributed by atoms with Gasteiger partial charge in [0.05, 0.1) is 18.8 Å². The van der Waals surface area contributed by atoms with E-state index < -0.39 is 23.7 Å². The maximum atomic E-state index is 12.8. The first kappa shape index (κ1) is 18.5. The molecule has 1 saturated heterocycles. The quantitative estimate of drug-likeness (QED) is 0.881. The van der Waals surface area contributed by atoms with Crippen LogP contribution >= 0.6 is 0 Å². The summed E-state index contributed by atoms with van der Waals surface area (Å²) in [6, 6.07) is 15.1. The van der Waals surface area contributed by atoms with Crippen LogP contribution < -0.4 is 0 Å². The maximum Gasteiger partial charge on any atom is 0.410 e. The Kier molecular flexibility index (Phi) is 4.59. The highest BCUT2D eigenvalue weighted by Crippen LogP contribution is 2.44. The highest BCUT2D eigenvalue weighted by atomic mass is 16.6. The molecule has 1 aliphatic heterocycles. The Bertz CT molecular complexity index is 877. The van der Waals surface area contributed by atoms with E-state index in [2.05, 4.69) is 12.1 Å². The van der Waals surface area contributed by atoms with Crippen molar-refractivity contribution in [2.24, 2.45) is 0 Å². The molecule has 0 radical (unpaired) electrons. The minimum atomic E-state index is -1.09. The molecule has 1 atom stereocenters. The average Bonchev–Trinajstić information content (AvgIpc) is 2.99. The van der Waals surface area contributed by atoms with E-state index in [-0.39, 0.29) is 25.7 Å². The number of carboxylic acid groups (broad SMARTS) is 1. The molecule has 0 aromatic heterocycles. The standard InChI is InChI=1S/C22H23NO5/c1-22(2)13-23(19(12-28-22)20(24)25)21(26)27-11-18-16-9-5-3-7-14(16)15-8-4-6-10-17(15)18/h3-10,18-19H,11-13H2,1-2H3,(H,24,25)/t19-/m1/s1. The van der Waals surface area contributed by atoms with Crippen LogP contribution in [0.5, 0.6) is 0 Å². The molecule has 6 heteroatoms. The molecule has 146 valence electrons. The predicted molar refractivity (Wildman–Crippen MR) is 103 cm³/mol. The number of benzene rings is 2. The van der Waals surface area contributed by atoms with E-state index in [1.165, 1.54) is 4.90 Å². The second kappa shape index (κ2) is 6.95. The van der Waals surface area contributed by atoms with Gasteiger partial charge in [0.1, 0.15) is 6.61 Å². The van der Waals surface area contributed by atoms with Crippen LogP contribution in [0.15, 0.2) is 48.5 Å². The van der Waals surface area contributed by atoms with Crippen molar-refractivity contribution in [3.8, 4) is 11.1 Å². The third kappa shape index (κ3) is 3.24. The minimum absolute atomic E-state index is 0.0491. The molecule has 0 bridgehead atoms. The van der Waals surface area contributed by atoms with E-state index in [4.69, 9.17) is 9.47 Å². The number of carbonyl (C=O) groups excluding carboxylic acids is 1. The van der Waals surface area contributed by atoms with E-state index in [0.717, 1.165) is 22.3 Å². The van der Waals surface area contributed by atoms with Crippen molar-refractivity contribution in [1.29, 1.82) is 0 Å². The molecule has 6 nitrogen and oxygen atoms in total. The van der Waals surface area contributed by atoms with Crippen molar-refractivity contribution < 1.29 is 24.2 Å². The molecule has 0 spiro atoms. The third-order valence-corrected chi connectivity index (χ3v) is 5.41. The van der Waals surface area contributed by atoms with E-state index >= 15 is 0 Å². The van der Waals surface area contributed by atoms with E-state index in [1.807, 2.05) is 50.2 Å². The fourth-order valence-corrected chi connectivity index (χ4v) is 4.03. The zero-order valence-electron chi connectivity index (χ0n) is 15.9. The Morgan fingerprint density at radius 2 is 1.68 bits per heavy atom. The summed E-state index contributed by atoms with van der Waals surface area (Å²) < 4.78 is 11.2. The van der Waals surface area contributed by atoms with Gasteiger partial charge < -0.3 is 14.6 Å². The second-order valence-electron chi connectivity index (χ2n) is 7.86. The van der Waals surface area contributed by atoms with Crippen LogP contribution in [-0.4, -0.2) is 53.5 Å². The molecule has 1 N–H and O–H groups in total. The number of hydrogen-bond donors (Lipinski definition) is 1. The molecule has 0 unspecified atom stereocenters. The molecule has 2 aliphatic rings. The smallest absolute Gasteiger partial charge is 0.410 e. The van der Waals surface area contributed by atoms with Gasteiger partial charge in [-0.1, -0.05) is 48.5 Å². The summed E-state index contributed by atoms with van der Waals surface area (Å²) in [6.07, 6.45) is -0.620. The number of carboxylic acids is 1. The average molecular weight is 381 g/mol. The van der Waals surface area contributed by atoms with Crippen molar-refractivity contribution in [3.63, 3.8) is 0 Å². The summed E-state index contributed by atoms with van der Waals surface area (Å²) in [7, 11) is 0. The van der Waals surface area contributed by atoms with Crippen molar-refractivity contribution >= 4 is 12.1 Å². The number of morpholine rings is 1. The monoisotopic (exact) mass is 381 g/mol. The summed E-state index contributed by atoms with van der Waals surface area (Å²) in [5, 5.41) is 9.44. The van der Waals surface area contributed by atoms with Gasteiger partial charge in [-0.3, -0.25) is 4.90 Å². The van der Waals surface area contributed by atoms with Crippen LogP contribution in [0.4, 0.5) is 4.79 Å². The first-order chi connectivity index (χ1) is 13.4. The summed E-state index contributed by atoms with van der Waals surface area (Å²) in [4.78, 5) is 25.6. The van der Waals surface area contributed by atoms with E-state index in [0.29, 0.717) is 0 Å². The molecular formula is C22H23NO5. The van der Waals surface area contributed by atoms with Crippen LogP contribution in [0.2, 0.25) is 0 Å². The Balaban J connectivity index is 1.54. The van der Waals surface area contributed by atoms with Crippen LogP contribution in [-0.2, 0) is 14.3 Å². The number of rotatable bonds is 3. The van der Waals surface area contributed by atoms with Crippen LogP contribution in [0.1, 0.15) is 30.9 Å². The van der Waals surface area contributed by atoms with Gasteiger partial charge >= 0.3 is 12.1 Å². The second-order valence-corrected chi connectivity index (χ2v) is 7.86. The van der Waals surface area contributed by atoms with Gasteiger partial charge in [0.2, 0.25) is 0 Å². The number of carbonyl (C=O) groups is 2. The summed E-state index contributed by atoms with van der Waals surface area (Å²) >= 11 is 0. The predicted octanol–water partition coefficient (Wildman–Crippen LogP) is 3.50. The van der Waals surface area contributed by atoms with Gasteiger partial charge in [-0.05, 0) is 36.1 Å². The molecule has 1 heterocycles. The Morgan fingerprint density at radius 1 is 1.11 bits per heavy atom. The lowest BCUT2D eigenvalue weighted by Crippen LogP contribution is -2.59. The Hall–Kier alpha value is -2.86. The molecular weight excluding hydrogens is 358 g/mol. The normalized spacial score (nSPS) is 20.4. The molecule has 1 fully saturated rings. The third-order valence-electron chi connectivity index (χ3n) is 5.41. The SMILES string of the molecule is CC1(C)CN(C(=O)OCC2c3ccccc3-c3ccccc32)[C@@H](C(=O)O)CO1. The molecule has 1 aliphatic carbocycles. The lowest BCUT2D eigenvalue weighted by Gasteiger charge is -2.41. The summed E-state index contributed by atoms with van der Waals surface area (Å²) in [5.41, 5.74) is 3.92. The Morgan fingerprint density at radius 3 is 2.25 bits per heavy atom. The number of amides is 1. The fourth-order valence-electron chi connectivity index (χ4n) is 4.03. The van der Waals surface area contributed by atoms with Crippen molar-refractivity contribution in [2.45, 2.75) is 31.4 Å². The highest BCUT2D eigenvalue weighted by molar-refractivity contribution is 5.81. The van der Waals surface area contributed by atoms with Crippen LogP contribution in [0.25, 0.3) is 11.1 Å².